The van der Waals surface area contributed by atoms with Crippen LogP contribution in [0.25, 0.3) is 0 Å². The summed E-state index contributed by atoms with van der Waals surface area (Å²) in [5.41, 5.74) is 1.90. The third-order valence-corrected chi connectivity index (χ3v) is 4.05. The highest BCUT2D eigenvalue weighted by atomic mass is 16.5. The molecule has 3 N–H and O–H groups in total. The van der Waals surface area contributed by atoms with E-state index in [1.807, 2.05) is 30.3 Å². The smallest absolute Gasteiger partial charge is 0.325 e. The summed E-state index contributed by atoms with van der Waals surface area (Å²) in [6, 6.07) is 7.28. The lowest BCUT2D eigenvalue weighted by Gasteiger charge is -2.34. The Morgan fingerprint density at radius 3 is 2.46 bits per heavy atom. The third-order valence-electron chi connectivity index (χ3n) is 4.05. The summed E-state index contributed by atoms with van der Waals surface area (Å²) in [4.78, 5) is 37.8. The van der Waals surface area contributed by atoms with E-state index >= 15 is 0 Å². The standard InChI is InChI=1S/C17H23N3O4/c1-17(2,3)13(14(21)19-24)20-15(22)12(18-16(20)23)10-9-11-7-5-4-6-8-11/h4-8,12-13,24H,9-10H2,1-3H3,(H,18,23)(H,19,21)/t12-,13-/m0/s1. The molecule has 0 saturated carbocycles. The van der Waals surface area contributed by atoms with E-state index in [2.05, 4.69) is 5.32 Å². The van der Waals surface area contributed by atoms with Crippen LogP contribution in [-0.2, 0) is 16.0 Å². The van der Waals surface area contributed by atoms with Gasteiger partial charge in [-0.1, -0.05) is 51.1 Å². The molecule has 0 aliphatic carbocycles. The maximum absolute atomic E-state index is 12.6. The van der Waals surface area contributed by atoms with Crippen LogP contribution < -0.4 is 10.8 Å². The molecule has 1 aliphatic rings. The number of amides is 4. The lowest BCUT2D eigenvalue weighted by Crippen LogP contribution is -2.55. The predicted octanol–water partition coefficient (Wildman–Crippen LogP) is 1.46. The van der Waals surface area contributed by atoms with Gasteiger partial charge >= 0.3 is 6.03 Å². The molecule has 1 aliphatic heterocycles. The van der Waals surface area contributed by atoms with Crippen molar-refractivity contribution in [2.24, 2.45) is 5.41 Å². The first-order chi connectivity index (χ1) is 11.3. The molecule has 1 heterocycles. The normalized spacial score (nSPS) is 19.2. The summed E-state index contributed by atoms with van der Waals surface area (Å²) in [5.74, 6) is -1.23. The number of hydrogen-bond donors (Lipinski definition) is 3. The molecule has 2 rings (SSSR count). The van der Waals surface area contributed by atoms with Crippen molar-refractivity contribution in [2.45, 2.75) is 45.7 Å². The minimum Gasteiger partial charge on any atom is -0.326 e. The van der Waals surface area contributed by atoms with E-state index in [4.69, 9.17) is 5.21 Å². The number of urea groups is 1. The summed E-state index contributed by atoms with van der Waals surface area (Å²) < 4.78 is 0. The minimum absolute atomic E-state index is 0.445. The molecule has 1 aromatic carbocycles. The fourth-order valence-electron chi connectivity index (χ4n) is 2.90. The van der Waals surface area contributed by atoms with Crippen LogP contribution >= 0.6 is 0 Å². The van der Waals surface area contributed by atoms with Gasteiger partial charge in [0.05, 0.1) is 0 Å². The Morgan fingerprint density at radius 1 is 1.29 bits per heavy atom. The average Bonchev–Trinajstić information content (AvgIpc) is 2.80. The number of aryl methyl sites for hydroxylation is 1. The zero-order valence-electron chi connectivity index (χ0n) is 14.1. The van der Waals surface area contributed by atoms with Crippen LogP contribution in [0, 0.1) is 5.41 Å². The lowest BCUT2D eigenvalue weighted by molar-refractivity contribution is -0.144. The first-order valence-corrected chi connectivity index (χ1v) is 7.87. The van der Waals surface area contributed by atoms with Crippen LogP contribution in [0.2, 0.25) is 0 Å². The summed E-state index contributed by atoms with van der Waals surface area (Å²) in [5, 5.41) is 11.6. The monoisotopic (exact) mass is 333 g/mol. The molecule has 1 aromatic rings. The van der Waals surface area contributed by atoms with E-state index in [-0.39, 0.29) is 0 Å². The second-order valence-corrected chi connectivity index (χ2v) is 6.98. The fraction of sp³-hybridized carbons (Fsp3) is 0.471. The molecule has 1 saturated heterocycles. The van der Waals surface area contributed by atoms with Gasteiger partial charge in [-0.05, 0) is 23.8 Å². The van der Waals surface area contributed by atoms with Crippen LogP contribution in [0.15, 0.2) is 30.3 Å². The van der Waals surface area contributed by atoms with Gasteiger partial charge in [0, 0.05) is 0 Å². The van der Waals surface area contributed by atoms with Crippen LogP contribution in [0.4, 0.5) is 4.79 Å². The highest BCUT2D eigenvalue weighted by Crippen LogP contribution is 2.28. The van der Waals surface area contributed by atoms with Crippen LogP contribution in [0.5, 0.6) is 0 Å². The molecule has 2 atom stereocenters. The fourth-order valence-corrected chi connectivity index (χ4v) is 2.90. The van der Waals surface area contributed by atoms with Crippen molar-refractivity contribution in [1.29, 1.82) is 0 Å². The number of carbonyl (C=O) groups is 3. The number of hydroxylamine groups is 1. The van der Waals surface area contributed by atoms with Gasteiger partial charge in [0.1, 0.15) is 12.1 Å². The van der Waals surface area contributed by atoms with Crippen molar-refractivity contribution in [2.75, 3.05) is 0 Å². The molecule has 130 valence electrons. The number of imide groups is 1. The van der Waals surface area contributed by atoms with E-state index in [1.165, 1.54) is 0 Å². The Hall–Kier alpha value is -2.41. The number of nitrogens with zero attached hydrogens (tertiary/aromatic N) is 1. The Bertz CT molecular complexity index is 624. The summed E-state index contributed by atoms with van der Waals surface area (Å²) in [7, 11) is 0. The topological polar surface area (TPSA) is 98.7 Å². The van der Waals surface area contributed by atoms with Crippen molar-refractivity contribution >= 4 is 17.8 Å². The Kier molecular flexibility index (Phi) is 5.23. The maximum atomic E-state index is 12.6. The molecule has 0 radical (unpaired) electrons. The quantitative estimate of drug-likeness (QED) is 0.431. The number of benzene rings is 1. The van der Waals surface area contributed by atoms with Crippen molar-refractivity contribution in [3.63, 3.8) is 0 Å². The van der Waals surface area contributed by atoms with Crippen molar-refractivity contribution < 1.29 is 19.6 Å². The predicted molar refractivity (Wildman–Crippen MR) is 87.1 cm³/mol. The Morgan fingerprint density at radius 2 is 1.92 bits per heavy atom. The van der Waals surface area contributed by atoms with Gasteiger partial charge in [-0.2, -0.15) is 0 Å². The average molecular weight is 333 g/mol. The third kappa shape index (κ3) is 3.73. The summed E-state index contributed by atoms with van der Waals surface area (Å²) in [6.45, 7) is 5.18. The largest absolute Gasteiger partial charge is 0.326 e. The molecule has 7 nitrogen and oxygen atoms in total. The highest BCUT2D eigenvalue weighted by Gasteiger charge is 2.48. The van der Waals surface area contributed by atoms with Crippen molar-refractivity contribution in [1.82, 2.24) is 15.7 Å². The zero-order valence-corrected chi connectivity index (χ0v) is 14.1. The molecule has 1 fully saturated rings. The van der Waals surface area contributed by atoms with Gasteiger partial charge in [-0.15, -0.1) is 0 Å². The highest BCUT2D eigenvalue weighted by molar-refractivity contribution is 6.07. The molecule has 0 unspecified atom stereocenters. The minimum atomic E-state index is -1.09. The van der Waals surface area contributed by atoms with Gasteiger partial charge in [-0.25, -0.2) is 15.2 Å². The SMILES string of the molecule is CC(C)(C)[C@H](C(=O)NO)N1C(=O)N[C@@H](CCc2ccccc2)C1=O. The lowest BCUT2D eigenvalue weighted by atomic mass is 9.85. The number of nitrogens with one attached hydrogen (secondary N) is 2. The van der Waals surface area contributed by atoms with Gasteiger partial charge in [0.15, 0.2) is 0 Å². The Labute approximate surface area is 141 Å². The molecule has 0 bridgehead atoms. The van der Waals surface area contributed by atoms with E-state index in [0.29, 0.717) is 12.8 Å². The first-order valence-electron chi connectivity index (χ1n) is 7.87. The van der Waals surface area contributed by atoms with E-state index in [1.54, 1.807) is 26.3 Å². The second kappa shape index (κ2) is 7.00. The molecule has 0 spiro atoms. The molecular weight excluding hydrogens is 310 g/mol. The van der Waals surface area contributed by atoms with Crippen LogP contribution in [0.1, 0.15) is 32.8 Å². The maximum Gasteiger partial charge on any atom is 0.325 e. The zero-order chi connectivity index (χ0) is 17.9. The van der Waals surface area contributed by atoms with Gasteiger partial charge < -0.3 is 5.32 Å². The molecular formula is C17H23N3O4. The van der Waals surface area contributed by atoms with Crippen LogP contribution in [0.3, 0.4) is 0 Å². The summed E-state index contributed by atoms with van der Waals surface area (Å²) in [6.07, 6.45) is 1.08. The molecule has 4 amide bonds. The van der Waals surface area contributed by atoms with Crippen LogP contribution in [-0.4, -0.2) is 40.0 Å². The van der Waals surface area contributed by atoms with Gasteiger partial charge in [0.2, 0.25) is 0 Å². The molecule has 0 aromatic heterocycles. The van der Waals surface area contributed by atoms with E-state index < -0.39 is 35.3 Å². The molecule has 7 heteroatoms. The van der Waals surface area contributed by atoms with E-state index in [0.717, 1.165) is 10.5 Å². The van der Waals surface area contributed by atoms with Gasteiger partial charge in [-0.3, -0.25) is 14.8 Å². The second-order valence-electron chi connectivity index (χ2n) is 6.98. The number of carbonyl (C=O) groups excluding carboxylic acids is 3. The Balaban J connectivity index is 2.14. The van der Waals surface area contributed by atoms with Crippen molar-refractivity contribution in [3.8, 4) is 0 Å². The number of hydrogen-bond acceptors (Lipinski definition) is 4. The summed E-state index contributed by atoms with van der Waals surface area (Å²) >= 11 is 0. The molecule has 24 heavy (non-hydrogen) atoms. The van der Waals surface area contributed by atoms with E-state index in [9.17, 15) is 14.4 Å². The first kappa shape index (κ1) is 17.9. The number of rotatable bonds is 5. The van der Waals surface area contributed by atoms with Gasteiger partial charge in [0.25, 0.3) is 11.8 Å². The van der Waals surface area contributed by atoms with Crippen molar-refractivity contribution in [3.05, 3.63) is 35.9 Å².